The van der Waals surface area contributed by atoms with Gasteiger partial charge in [0.25, 0.3) is 0 Å². The van der Waals surface area contributed by atoms with E-state index in [2.05, 4.69) is 20.6 Å². The van der Waals surface area contributed by atoms with Crippen molar-refractivity contribution in [1.29, 1.82) is 0 Å². The summed E-state index contributed by atoms with van der Waals surface area (Å²) in [5.74, 6) is 2.72. The predicted molar refractivity (Wildman–Crippen MR) is 131 cm³/mol. The molecule has 0 aliphatic rings. The number of thiazole rings is 1. The molecule has 34 heavy (non-hydrogen) atoms. The molecule has 0 unspecified atom stereocenters. The minimum Gasteiger partial charge on any atom is -0.494 e. The number of fused-ring (bicyclic) bond motifs is 1. The minimum atomic E-state index is -0.365. The van der Waals surface area contributed by atoms with Crippen LogP contribution in [0.1, 0.15) is 18.0 Å². The molecule has 0 aliphatic carbocycles. The van der Waals surface area contributed by atoms with Crippen molar-refractivity contribution in [3.63, 3.8) is 0 Å². The van der Waals surface area contributed by atoms with Gasteiger partial charge in [0.15, 0.2) is 11.5 Å². The van der Waals surface area contributed by atoms with Crippen LogP contribution in [0, 0.1) is 0 Å². The van der Waals surface area contributed by atoms with Crippen molar-refractivity contribution in [3.8, 4) is 28.7 Å². The second-order valence-electron chi connectivity index (χ2n) is 7.19. The first-order valence-electron chi connectivity index (χ1n) is 10.4. The van der Waals surface area contributed by atoms with Crippen LogP contribution in [0.25, 0.3) is 10.9 Å². The highest BCUT2D eigenvalue weighted by Gasteiger charge is 2.15. The van der Waals surface area contributed by atoms with Crippen LogP contribution < -0.4 is 29.6 Å². The van der Waals surface area contributed by atoms with E-state index in [9.17, 15) is 4.79 Å². The summed E-state index contributed by atoms with van der Waals surface area (Å²) in [4.78, 5) is 21.1. The highest BCUT2D eigenvalue weighted by molar-refractivity contribution is 7.09. The summed E-state index contributed by atoms with van der Waals surface area (Å²) in [5, 5.41) is 9.12. The number of anilines is 1. The monoisotopic (exact) mass is 480 g/mol. The van der Waals surface area contributed by atoms with E-state index in [-0.39, 0.29) is 12.1 Å². The van der Waals surface area contributed by atoms with Crippen molar-refractivity contribution in [3.05, 3.63) is 59.2 Å². The van der Waals surface area contributed by atoms with Crippen molar-refractivity contribution in [1.82, 2.24) is 15.3 Å². The summed E-state index contributed by atoms with van der Waals surface area (Å²) in [7, 11) is 4.68. The number of aromatic nitrogens is 2. The molecule has 2 amide bonds. The Balaban J connectivity index is 1.54. The van der Waals surface area contributed by atoms with E-state index >= 15 is 0 Å². The van der Waals surface area contributed by atoms with Crippen molar-refractivity contribution in [2.45, 2.75) is 13.0 Å². The fraction of sp³-hybridized carbons (Fsp3) is 0.208. The van der Waals surface area contributed by atoms with Gasteiger partial charge in [0, 0.05) is 35.3 Å². The van der Waals surface area contributed by atoms with Gasteiger partial charge >= 0.3 is 6.03 Å². The molecule has 2 aromatic heterocycles. The van der Waals surface area contributed by atoms with Gasteiger partial charge in [-0.05, 0) is 31.2 Å². The highest BCUT2D eigenvalue weighted by Crippen LogP contribution is 2.38. The summed E-state index contributed by atoms with van der Waals surface area (Å²) in [6, 6.07) is 9.95. The lowest BCUT2D eigenvalue weighted by Crippen LogP contribution is -2.31. The number of benzene rings is 2. The Labute approximate surface area is 200 Å². The molecule has 0 aliphatic heterocycles. The number of methoxy groups -OCH3 is 3. The van der Waals surface area contributed by atoms with Crippen LogP contribution in [0.2, 0.25) is 0 Å². The van der Waals surface area contributed by atoms with Gasteiger partial charge in [-0.1, -0.05) is 0 Å². The molecule has 0 saturated heterocycles. The quantitative estimate of drug-likeness (QED) is 0.348. The molecule has 1 atom stereocenters. The SMILES string of the molecule is COc1cc(Oc2ccnc3cc(OC)c(OC)cc23)ccc1NC(=O)N[C@H](C)c1nccs1. The standard InChI is InChI=1S/C24H24N4O5S/c1-14(23-26-9-10-34-23)27-24(29)28-17-6-5-15(11-20(17)30-2)33-19-7-8-25-18-13-22(32-4)21(31-3)12-16(18)19/h5-14H,1-4H3,(H2,27,28,29)/t14-/m1/s1. The van der Waals surface area contributed by atoms with Crippen LogP contribution >= 0.6 is 11.3 Å². The van der Waals surface area contributed by atoms with E-state index in [1.54, 1.807) is 56.9 Å². The molecule has 0 saturated carbocycles. The maximum absolute atomic E-state index is 12.5. The zero-order chi connectivity index (χ0) is 24.1. The van der Waals surface area contributed by atoms with E-state index in [0.717, 1.165) is 10.4 Å². The first-order chi connectivity index (χ1) is 16.5. The van der Waals surface area contributed by atoms with Crippen LogP contribution in [0.5, 0.6) is 28.7 Å². The number of amides is 2. The lowest BCUT2D eigenvalue weighted by atomic mass is 10.2. The van der Waals surface area contributed by atoms with Crippen LogP contribution in [0.4, 0.5) is 10.5 Å². The highest BCUT2D eigenvalue weighted by atomic mass is 32.1. The fourth-order valence-electron chi connectivity index (χ4n) is 3.37. The van der Waals surface area contributed by atoms with E-state index in [0.29, 0.717) is 40.0 Å². The zero-order valence-electron chi connectivity index (χ0n) is 19.1. The Morgan fingerprint density at radius 2 is 1.68 bits per heavy atom. The van der Waals surface area contributed by atoms with Gasteiger partial charge in [0.2, 0.25) is 0 Å². The lowest BCUT2D eigenvalue weighted by molar-refractivity contribution is 0.249. The number of ether oxygens (including phenoxy) is 4. The smallest absolute Gasteiger partial charge is 0.319 e. The number of carbonyl (C=O) groups excluding carboxylic acids is 1. The second kappa shape index (κ2) is 10.3. The summed E-state index contributed by atoms with van der Waals surface area (Å²) in [5.41, 5.74) is 1.20. The third-order valence-corrected chi connectivity index (χ3v) is 5.98. The van der Waals surface area contributed by atoms with Crippen molar-refractivity contribution in [2.75, 3.05) is 26.6 Å². The first-order valence-corrected chi connectivity index (χ1v) is 11.2. The number of urea groups is 1. The number of hydrogen-bond donors (Lipinski definition) is 2. The maximum Gasteiger partial charge on any atom is 0.319 e. The molecule has 2 N–H and O–H groups in total. The van der Waals surface area contributed by atoms with E-state index in [4.69, 9.17) is 18.9 Å². The third kappa shape index (κ3) is 4.96. The molecule has 0 radical (unpaired) electrons. The topological polar surface area (TPSA) is 104 Å². The van der Waals surface area contributed by atoms with Gasteiger partial charge in [-0.3, -0.25) is 4.98 Å². The minimum absolute atomic E-state index is 0.218. The molecule has 0 bridgehead atoms. The summed E-state index contributed by atoms with van der Waals surface area (Å²) in [6.45, 7) is 1.87. The Kier molecular flexibility index (Phi) is 6.98. The molecular weight excluding hydrogens is 456 g/mol. The number of pyridine rings is 1. The maximum atomic E-state index is 12.5. The van der Waals surface area contributed by atoms with Crippen LogP contribution in [0.3, 0.4) is 0 Å². The molecule has 176 valence electrons. The van der Waals surface area contributed by atoms with E-state index in [1.807, 2.05) is 18.4 Å². The molecule has 0 spiro atoms. The van der Waals surface area contributed by atoms with Crippen LogP contribution in [-0.2, 0) is 0 Å². The van der Waals surface area contributed by atoms with Gasteiger partial charge in [-0.25, -0.2) is 9.78 Å². The number of carbonyl (C=O) groups is 1. The number of rotatable bonds is 8. The zero-order valence-corrected chi connectivity index (χ0v) is 19.9. The number of nitrogens with one attached hydrogen (secondary N) is 2. The summed E-state index contributed by atoms with van der Waals surface area (Å²) in [6.07, 6.45) is 3.36. The molecule has 2 aromatic carbocycles. The van der Waals surface area contributed by atoms with E-state index < -0.39 is 0 Å². The Hall–Kier alpha value is -4.05. The van der Waals surface area contributed by atoms with Crippen molar-refractivity contribution in [2.24, 2.45) is 0 Å². The average molecular weight is 481 g/mol. The van der Waals surface area contributed by atoms with Crippen LogP contribution in [0.15, 0.2) is 54.2 Å². The molecule has 0 fully saturated rings. The van der Waals surface area contributed by atoms with Gasteiger partial charge < -0.3 is 29.6 Å². The van der Waals surface area contributed by atoms with Gasteiger partial charge in [0.1, 0.15) is 22.3 Å². The van der Waals surface area contributed by atoms with Gasteiger partial charge in [0.05, 0.1) is 38.6 Å². The molecular formula is C24H24N4O5S. The van der Waals surface area contributed by atoms with Crippen LogP contribution in [-0.4, -0.2) is 37.3 Å². The second-order valence-corrected chi connectivity index (χ2v) is 8.11. The Bertz CT molecular complexity index is 1300. The Morgan fingerprint density at radius 1 is 0.912 bits per heavy atom. The lowest BCUT2D eigenvalue weighted by Gasteiger charge is -2.16. The van der Waals surface area contributed by atoms with E-state index in [1.165, 1.54) is 18.4 Å². The molecule has 2 heterocycles. The first kappa shape index (κ1) is 23.1. The summed E-state index contributed by atoms with van der Waals surface area (Å²) < 4.78 is 22.4. The summed E-state index contributed by atoms with van der Waals surface area (Å²) >= 11 is 1.48. The number of nitrogens with zero attached hydrogens (tertiary/aromatic N) is 2. The third-order valence-electron chi connectivity index (χ3n) is 5.03. The van der Waals surface area contributed by atoms with Gasteiger partial charge in [-0.2, -0.15) is 0 Å². The molecule has 4 rings (SSSR count). The molecule has 4 aromatic rings. The largest absolute Gasteiger partial charge is 0.494 e. The average Bonchev–Trinajstić information content (AvgIpc) is 3.39. The molecule has 9 nitrogen and oxygen atoms in total. The normalized spacial score (nSPS) is 11.5. The van der Waals surface area contributed by atoms with Crippen molar-refractivity contribution >= 4 is 34.0 Å². The van der Waals surface area contributed by atoms with Crippen molar-refractivity contribution < 1.29 is 23.7 Å². The fourth-order valence-corrected chi connectivity index (χ4v) is 4.01. The molecule has 10 heteroatoms. The Morgan fingerprint density at radius 3 is 2.38 bits per heavy atom. The number of hydrogen-bond acceptors (Lipinski definition) is 8. The van der Waals surface area contributed by atoms with Gasteiger partial charge in [-0.15, -0.1) is 11.3 Å². The predicted octanol–water partition coefficient (Wildman–Crippen LogP) is 5.39.